The van der Waals surface area contributed by atoms with Crippen molar-refractivity contribution in [3.05, 3.63) is 29.3 Å². The average Bonchev–Trinajstić information content (AvgIpc) is 3.16. The molecule has 0 aromatic heterocycles. The average molecular weight is 330 g/mol. The second-order valence-electron chi connectivity index (χ2n) is 6.78. The fourth-order valence-electron chi connectivity index (χ4n) is 3.66. The number of carbonyl (C=O) groups excluding carboxylic acids is 2. The first-order valence-electron chi connectivity index (χ1n) is 8.83. The van der Waals surface area contributed by atoms with Crippen LogP contribution in [0.3, 0.4) is 0 Å². The van der Waals surface area contributed by atoms with E-state index >= 15 is 0 Å². The van der Waals surface area contributed by atoms with E-state index in [-0.39, 0.29) is 17.7 Å². The summed E-state index contributed by atoms with van der Waals surface area (Å²) in [5.41, 5.74) is 1.67. The fourth-order valence-corrected chi connectivity index (χ4v) is 3.66. The van der Waals surface area contributed by atoms with Crippen LogP contribution in [0.2, 0.25) is 0 Å². The van der Waals surface area contributed by atoms with E-state index < -0.39 is 0 Å². The molecule has 0 spiro atoms. The minimum absolute atomic E-state index is 0.0281. The normalized spacial score (nSPS) is 18.8. The Bertz CT molecular complexity index is 615. The molecule has 1 aromatic rings. The lowest BCUT2D eigenvalue weighted by molar-refractivity contribution is -0.135. The van der Waals surface area contributed by atoms with Crippen molar-refractivity contribution in [2.75, 3.05) is 33.3 Å². The van der Waals surface area contributed by atoms with Gasteiger partial charge in [-0.3, -0.25) is 9.59 Å². The number of rotatable bonds is 3. The van der Waals surface area contributed by atoms with Gasteiger partial charge in [-0.25, -0.2) is 0 Å². The highest BCUT2D eigenvalue weighted by atomic mass is 16.5. The van der Waals surface area contributed by atoms with Gasteiger partial charge in [0.05, 0.1) is 7.11 Å². The van der Waals surface area contributed by atoms with E-state index in [0.717, 1.165) is 50.1 Å². The van der Waals surface area contributed by atoms with Gasteiger partial charge in [0.15, 0.2) is 0 Å². The number of piperidine rings is 1. The summed E-state index contributed by atoms with van der Waals surface area (Å²) < 4.78 is 5.31. The van der Waals surface area contributed by atoms with Gasteiger partial charge in [-0.05, 0) is 50.3 Å². The second-order valence-corrected chi connectivity index (χ2v) is 6.78. The van der Waals surface area contributed by atoms with Crippen LogP contribution in [0, 0.1) is 12.8 Å². The van der Waals surface area contributed by atoms with Gasteiger partial charge in [-0.15, -0.1) is 0 Å². The Balaban J connectivity index is 1.59. The number of hydrogen-bond acceptors (Lipinski definition) is 3. The zero-order valence-electron chi connectivity index (χ0n) is 14.6. The standard InChI is InChI=1S/C19H26N2O3/c1-14-5-6-16(13-17(14)24-2)19(23)21-11-7-15(8-12-21)18(22)20-9-3-4-10-20/h5-6,13,15H,3-4,7-12H2,1-2H3. The van der Waals surface area contributed by atoms with Crippen LogP contribution in [0.5, 0.6) is 5.75 Å². The van der Waals surface area contributed by atoms with Crippen molar-refractivity contribution in [3.8, 4) is 5.75 Å². The Hall–Kier alpha value is -2.04. The molecule has 2 heterocycles. The van der Waals surface area contributed by atoms with E-state index in [9.17, 15) is 9.59 Å². The van der Waals surface area contributed by atoms with Crippen molar-refractivity contribution < 1.29 is 14.3 Å². The quantitative estimate of drug-likeness (QED) is 0.855. The number of ether oxygens (including phenoxy) is 1. The summed E-state index contributed by atoms with van der Waals surface area (Å²) in [5, 5.41) is 0. The molecule has 0 radical (unpaired) electrons. The van der Waals surface area contributed by atoms with Crippen molar-refractivity contribution in [2.45, 2.75) is 32.6 Å². The van der Waals surface area contributed by atoms with Crippen molar-refractivity contribution in [1.82, 2.24) is 9.80 Å². The molecule has 0 saturated carbocycles. The SMILES string of the molecule is COc1cc(C(=O)N2CCC(C(=O)N3CCCC3)CC2)ccc1C. The number of hydrogen-bond donors (Lipinski definition) is 0. The first-order chi connectivity index (χ1) is 11.6. The zero-order valence-corrected chi connectivity index (χ0v) is 14.6. The Labute approximate surface area is 143 Å². The van der Waals surface area contributed by atoms with Crippen LogP contribution >= 0.6 is 0 Å². The molecule has 0 unspecified atom stereocenters. The molecule has 0 N–H and O–H groups in total. The molecule has 3 rings (SSSR count). The van der Waals surface area contributed by atoms with Crippen LogP contribution in [0.1, 0.15) is 41.6 Å². The third kappa shape index (κ3) is 3.40. The Kier molecular flexibility index (Phi) is 5.07. The fraction of sp³-hybridized carbons (Fsp3) is 0.579. The Morgan fingerprint density at radius 2 is 1.71 bits per heavy atom. The number of benzene rings is 1. The summed E-state index contributed by atoms with van der Waals surface area (Å²) in [6.07, 6.45) is 3.78. The molecule has 2 fully saturated rings. The first-order valence-corrected chi connectivity index (χ1v) is 8.83. The largest absolute Gasteiger partial charge is 0.496 e. The van der Waals surface area contributed by atoms with E-state index in [0.29, 0.717) is 18.7 Å². The van der Waals surface area contributed by atoms with E-state index in [4.69, 9.17) is 4.74 Å². The van der Waals surface area contributed by atoms with Gasteiger partial charge in [0.1, 0.15) is 5.75 Å². The molecule has 24 heavy (non-hydrogen) atoms. The third-order valence-electron chi connectivity index (χ3n) is 5.20. The molecule has 2 aliphatic heterocycles. The number of amides is 2. The zero-order chi connectivity index (χ0) is 17.1. The number of carbonyl (C=O) groups is 2. The van der Waals surface area contributed by atoms with Crippen LogP contribution in [0.15, 0.2) is 18.2 Å². The highest BCUT2D eigenvalue weighted by molar-refractivity contribution is 5.95. The summed E-state index contributed by atoms with van der Waals surface area (Å²) in [6.45, 7) is 5.07. The van der Waals surface area contributed by atoms with Crippen LogP contribution < -0.4 is 4.74 Å². The Morgan fingerprint density at radius 1 is 1.04 bits per heavy atom. The molecule has 5 heteroatoms. The number of likely N-dealkylation sites (tertiary alicyclic amines) is 2. The molecule has 1 aromatic carbocycles. The molecule has 2 aliphatic rings. The molecule has 2 saturated heterocycles. The van der Waals surface area contributed by atoms with Gasteiger partial charge in [0.2, 0.25) is 5.91 Å². The van der Waals surface area contributed by atoms with Crippen LogP contribution in [0.4, 0.5) is 0 Å². The van der Waals surface area contributed by atoms with Gasteiger partial charge < -0.3 is 14.5 Å². The minimum Gasteiger partial charge on any atom is -0.496 e. The predicted molar refractivity (Wildman–Crippen MR) is 92.2 cm³/mol. The highest BCUT2D eigenvalue weighted by Gasteiger charge is 2.31. The maximum Gasteiger partial charge on any atom is 0.253 e. The predicted octanol–water partition coefficient (Wildman–Crippen LogP) is 2.48. The monoisotopic (exact) mass is 330 g/mol. The number of methoxy groups -OCH3 is 1. The topological polar surface area (TPSA) is 49.9 Å². The molecule has 130 valence electrons. The van der Waals surface area contributed by atoms with Crippen LogP contribution in [-0.4, -0.2) is 54.9 Å². The molecule has 5 nitrogen and oxygen atoms in total. The van der Waals surface area contributed by atoms with Gasteiger partial charge in [-0.2, -0.15) is 0 Å². The van der Waals surface area contributed by atoms with E-state index in [1.165, 1.54) is 0 Å². The highest BCUT2D eigenvalue weighted by Crippen LogP contribution is 2.25. The molecule has 0 aliphatic carbocycles. The summed E-state index contributed by atoms with van der Waals surface area (Å²) in [7, 11) is 1.62. The van der Waals surface area contributed by atoms with Gasteiger partial charge in [0, 0.05) is 37.7 Å². The van der Waals surface area contributed by atoms with E-state index in [2.05, 4.69) is 0 Å². The lowest BCUT2D eigenvalue weighted by Crippen LogP contribution is -2.43. The minimum atomic E-state index is 0.0281. The number of nitrogens with zero attached hydrogens (tertiary/aromatic N) is 2. The molecular weight excluding hydrogens is 304 g/mol. The molecular formula is C19H26N2O3. The summed E-state index contributed by atoms with van der Waals surface area (Å²) >= 11 is 0. The second kappa shape index (κ2) is 7.24. The van der Waals surface area contributed by atoms with Crippen molar-refractivity contribution in [1.29, 1.82) is 0 Å². The summed E-state index contributed by atoms with van der Waals surface area (Å²) in [4.78, 5) is 29.0. The van der Waals surface area contributed by atoms with Gasteiger partial charge in [0.25, 0.3) is 5.91 Å². The Morgan fingerprint density at radius 3 is 2.33 bits per heavy atom. The van der Waals surface area contributed by atoms with Crippen LogP contribution in [0.25, 0.3) is 0 Å². The maximum absolute atomic E-state index is 12.7. The molecule has 0 atom stereocenters. The van der Waals surface area contributed by atoms with Crippen molar-refractivity contribution in [2.24, 2.45) is 5.92 Å². The molecule has 0 bridgehead atoms. The van der Waals surface area contributed by atoms with E-state index in [1.54, 1.807) is 13.2 Å². The number of aryl methyl sites for hydroxylation is 1. The third-order valence-corrected chi connectivity index (χ3v) is 5.20. The van der Waals surface area contributed by atoms with Gasteiger partial charge >= 0.3 is 0 Å². The summed E-state index contributed by atoms with van der Waals surface area (Å²) in [5.74, 6) is 1.14. The lowest BCUT2D eigenvalue weighted by Gasteiger charge is -2.33. The lowest BCUT2D eigenvalue weighted by atomic mass is 9.94. The maximum atomic E-state index is 12.7. The van der Waals surface area contributed by atoms with Crippen LogP contribution in [-0.2, 0) is 4.79 Å². The van der Waals surface area contributed by atoms with E-state index in [1.807, 2.05) is 28.9 Å². The molecule has 2 amide bonds. The van der Waals surface area contributed by atoms with Gasteiger partial charge in [-0.1, -0.05) is 6.07 Å². The smallest absolute Gasteiger partial charge is 0.253 e. The summed E-state index contributed by atoms with van der Waals surface area (Å²) in [6, 6.07) is 5.57. The van der Waals surface area contributed by atoms with Crippen molar-refractivity contribution in [3.63, 3.8) is 0 Å². The van der Waals surface area contributed by atoms with Crippen molar-refractivity contribution >= 4 is 11.8 Å². The first kappa shape index (κ1) is 16.8.